The van der Waals surface area contributed by atoms with E-state index in [1.54, 1.807) is 28.8 Å². The van der Waals surface area contributed by atoms with E-state index in [0.29, 0.717) is 27.9 Å². The van der Waals surface area contributed by atoms with Crippen LogP contribution >= 0.6 is 0 Å². The predicted octanol–water partition coefficient (Wildman–Crippen LogP) is 3.51. The minimum atomic E-state index is -0.378. The molecule has 1 atom stereocenters. The van der Waals surface area contributed by atoms with Crippen molar-refractivity contribution in [1.29, 1.82) is 0 Å². The van der Waals surface area contributed by atoms with Gasteiger partial charge in [-0.05, 0) is 60.5 Å². The van der Waals surface area contributed by atoms with Crippen molar-refractivity contribution in [3.8, 4) is 0 Å². The Morgan fingerprint density at radius 2 is 2.00 bits per heavy atom. The summed E-state index contributed by atoms with van der Waals surface area (Å²) in [4.78, 5) is 20.3. The number of aliphatic imine (C=N–C) groups is 1. The summed E-state index contributed by atoms with van der Waals surface area (Å²) < 4.78 is 29.5. The van der Waals surface area contributed by atoms with Crippen molar-refractivity contribution >= 4 is 22.5 Å². The number of hydrogen-bond acceptors (Lipinski definition) is 4. The van der Waals surface area contributed by atoms with Gasteiger partial charge in [0, 0.05) is 30.5 Å². The zero-order valence-electron chi connectivity index (χ0n) is 17.7. The largest absolute Gasteiger partial charge is 0.334 e. The molecule has 2 aliphatic heterocycles. The van der Waals surface area contributed by atoms with Crippen molar-refractivity contribution in [2.24, 2.45) is 4.99 Å². The Morgan fingerprint density at radius 3 is 2.88 bits per heavy atom. The number of benzene rings is 2. The lowest BCUT2D eigenvalue weighted by molar-refractivity contribution is 0.0957. The molecule has 1 unspecified atom stereocenters. The number of aromatic nitrogens is 1. The second kappa shape index (κ2) is 7.67. The number of carbonyl (C=O) groups excluding carboxylic acids is 1. The van der Waals surface area contributed by atoms with Crippen LogP contribution in [0.5, 0.6) is 0 Å². The lowest BCUT2D eigenvalue weighted by Gasteiger charge is -2.32. The maximum absolute atomic E-state index is 13.9. The molecule has 1 amide bonds. The molecule has 0 spiro atoms. The highest BCUT2D eigenvalue weighted by atomic mass is 19.1. The SMILES string of the molecule is O=C(NC1=C2C(=NC3NCCCN23)C=C1)c1cc2cc(F)ccc2n1Cc1cccc(F)c1. The number of hydrogen-bond donors (Lipinski definition) is 2. The summed E-state index contributed by atoms with van der Waals surface area (Å²) in [7, 11) is 0. The summed E-state index contributed by atoms with van der Waals surface area (Å²) in [5, 5.41) is 7.01. The van der Waals surface area contributed by atoms with Gasteiger partial charge in [-0.3, -0.25) is 10.1 Å². The summed E-state index contributed by atoms with van der Waals surface area (Å²) >= 11 is 0. The number of nitrogens with one attached hydrogen (secondary N) is 2. The van der Waals surface area contributed by atoms with Crippen LogP contribution in [0, 0.1) is 11.6 Å². The third-order valence-electron chi connectivity index (χ3n) is 6.23. The van der Waals surface area contributed by atoms with E-state index < -0.39 is 0 Å². The Bertz CT molecular complexity index is 1390. The molecule has 0 bridgehead atoms. The Labute approximate surface area is 188 Å². The number of rotatable bonds is 4. The van der Waals surface area contributed by atoms with Crippen LogP contribution in [-0.4, -0.2) is 40.5 Å². The summed E-state index contributed by atoms with van der Waals surface area (Å²) in [6.45, 7) is 2.05. The van der Waals surface area contributed by atoms with E-state index in [9.17, 15) is 13.6 Å². The van der Waals surface area contributed by atoms with Gasteiger partial charge in [0.15, 0.2) is 6.29 Å². The van der Waals surface area contributed by atoms with Crippen LogP contribution in [0.3, 0.4) is 0 Å². The topological polar surface area (TPSA) is 61.7 Å². The Balaban J connectivity index is 1.37. The Hall–Kier alpha value is -3.78. The number of halogens is 2. The van der Waals surface area contributed by atoms with Crippen LogP contribution in [0.15, 0.2) is 77.1 Å². The molecular formula is C25H21F2N5O. The van der Waals surface area contributed by atoms with E-state index in [1.165, 1.54) is 24.3 Å². The van der Waals surface area contributed by atoms with Gasteiger partial charge in [0.2, 0.25) is 0 Å². The normalized spacial score (nSPS) is 19.2. The van der Waals surface area contributed by atoms with Gasteiger partial charge in [-0.2, -0.15) is 0 Å². The fraction of sp³-hybridized carbons (Fsp3) is 0.200. The average molecular weight is 445 g/mol. The van der Waals surface area contributed by atoms with Crippen molar-refractivity contribution < 1.29 is 13.6 Å². The monoisotopic (exact) mass is 445 g/mol. The van der Waals surface area contributed by atoms with Crippen LogP contribution < -0.4 is 10.6 Å². The van der Waals surface area contributed by atoms with Gasteiger partial charge in [-0.15, -0.1) is 0 Å². The molecule has 33 heavy (non-hydrogen) atoms. The van der Waals surface area contributed by atoms with E-state index >= 15 is 0 Å². The maximum Gasteiger partial charge on any atom is 0.272 e. The molecule has 6 nitrogen and oxygen atoms in total. The third-order valence-corrected chi connectivity index (χ3v) is 6.23. The van der Waals surface area contributed by atoms with Gasteiger partial charge >= 0.3 is 0 Å². The molecule has 3 aliphatic rings. The summed E-state index contributed by atoms with van der Waals surface area (Å²) in [5.74, 6) is -1.04. The van der Waals surface area contributed by atoms with Crippen LogP contribution in [0.1, 0.15) is 22.5 Å². The maximum atomic E-state index is 13.9. The number of amides is 1. The molecule has 0 radical (unpaired) electrons. The average Bonchev–Trinajstić information content (AvgIpc) is 3.46. The van der Waals surface area contributed by atoms with Crippen molar-refractivity contribution in [3.05, 3.63) is 95.0 Å². The van der Waals surface area contributed by atoms with Gasteiger partial charge in [-0.1, -0.05) is 12.1 Å². The molecular weight excluding hydrogens is 424 g/mol. The van der Waals surface area contributed by atoms with Crippen LogP contribution in [0.2, 0.25) is 0 Å². The number of carbonyl (C=O) groups is 1. The Morgan fingerprint density at radius 1 is 1.12 bits per heavy atom. The molecule has 1 fully saturated rings. The molecule has 3 heterocycles. The van der Waals surface area contributed by atoms with Crippen LogP contribution in [0.4, 0.5) is 8.78 Å². The summed E-state index contributed by atoms with van der Waals surface area (Å²) in [5.41, 5.74) is 4.25. The smallest absolute Gasteiger partial charge is 0.272 e. The second-order valence-corrected chi connectivity index (χ2v) is 8.39. The molecule has 1 saturated heterocycles. The third kappa shape index (κ3) is 3.43. The lowest BCUT2D eigenvalue weighted by atomic mass is 10.2. The number of fused-ring (bicyclic) bond motifs is 4. The molecule has 0 saturated carbocycles. The first kappa shape index (κ1) is 19.9. The molecule has 166 valence electrons. The molecule has 1 aliphatic carbocycles. The van der Waals surface area contributed by atoms with E-state index in [0.717, 1.165) is 30.9 Å². The zero-order valence-corrected chi connectivity index (χ0v) is 17.7. The van der Waals surface area contributed by atoms with Crippen molar-refractivity contribution in [3.63, 3.8) is 0 Å². The van der Waals surface area contributed by atoms with Crippen molar-refractivity contribution in [1.82, 2.24) is 20.1 Å². The molecule has 2 N–H and O–H groups in total. The summed E-state index contributed by atoms with van der Waals surface area (Å²) in [6.07, 6.45) is 4.67. The first-order valence-corrected chi connectivity index (χ1v) is 10.9. The minimum Gasteiger partial charge on any atom is -0.334 e. The molecule has 6 rings (SSSR count). The summed E-state index contributed by atoms with van der Waals surface area (Å²) in [6, 6.07) is 12.3. The minimum absolute atomic E-state index is 0.0944. The highest BCUT2D eigenvalue weighted by molar-refractivity contribution is 6.13. The predicted molar refractivity (Wildman–Crippen MR) is 122 cm³/mol. The van der Waals surface area contributed by atoms with Gasteiger partial charge in [0.25, 0.3) is 5.91 Å². The fourth-order valence-electron chi connectivity index (χ4n) is 4.76. The van der Waals surface area contributed by atoms with Gasteiger partial charge < -0.3 is 14.8 Å². The van der Waals surface area contributed by atoms with Gasteiger partial charge in [0.1, 0.15) is 17.3 Å². The standard InChI is InChI=1S/C25H21F2N5O/c26-17-4-1-3-15(11-17)14-32-21-8-5-18(27)12-16(21)13-22(32)24(33)29-19-6-7-20-23(19)31-10-2-9-28-25(31)30-20/h1,3-8,11-13,25,28H,2,9-10,14H2,(H,29,33). The number of allylic oxidation sites excluding steroid dienone is 2. The van der Waals surface area contributed by atoms with Crippen LogP contribution in [0.25, 0.3) is 10.9 Å². The molecule has 8 heteroatoms. The Kier molecular flexibility index (Phi) is 4.62. The molecule has 2 aromatic carbocycles. The quantitative estimate of drug-likeness (QED) is 0.646. The van der Waals surface area contributed by atoms with Crippen molar-refractivity contribution in [2.45, 2.75) is 19.3 Å². The van der Waals surface area contributed by atoms with E-state index in [4.69, 9.17) is 0 Å². The highest BCUT2D eigenvalue weighted by Gasteiger charge is 2.36. The van der Waals surface area contributed by atoms with Gasteiger partial charge in [-0.25, -0.2) is 13.8 Å². The molecule has 1 aromatic heterocycles. The zero-order chi connectivity index (χ0) is 22.5. The van der Waals surface area contributed by atoms with E-state index in [-0.39, 0.29) is 30.4 Å². The highest BCUT2D eigenvalue weighted by Crippen LogP contribution is 2.30. The van der Waals surface area contributed by atoms with E-state index in [2.05, 4.69) is 20.5 Å². The lowest BCUT2D eigenvalue weighted by Crippen LogP contribution is -2.47. The molecule has 3 aromatic rings. The van der Waals surface area contributed by atoms with E-state index in [1.807, 2.05) is 12.2 Å². The van der Waals surface area contributed by atoms with Gasteiger partial charge in [0.05, 0.1) is 17.1 Å². The first-order chi connectivity index (χ1) is 16.1. The fourth-order valence-corrected chi connectivity index (χ4v) is 4.76. The second-order valence-electron chi connectivity index (χ2n) is 8.39. The number of nitrogens with zero attached hydrogens (tertiary/aromatic N) is 3. The van der Waals surface area contributed by atoms with Crippen LogP contribution in [-0.2, 0) is 6.54 Å². The van der Waals surface area contributed by atoms with Crippen molar-refractivity contribution in [2.75, 3.05) is 13.1 Å². The first-order valence-electron chi connectivity index (χ1n) is 10.9.